The van der Waals surface area contributed by atoms with Gasteiger partial charge in [-0.05, 0) is 112 Å². The zero-order valence-corrected chi connectivity index (χ0v) is 34.3. The van der Waals surface area contributed by atoms with Crippen LogP contribution in [0, 0.1) is 0 Å². The van der Waals surface area contributed by atoms with Crippen molar-refractivity contribution in [3.63, 3.8) is 0 Å². The largest absolute Gasteiger partial charge is 0.456 e. The Hall–Kier alpha value is -7.23. The number of hydrogen-bond acceptors (Lipinski definition) is 2. The van der Waals surface area contributed by atoms with Gasteiger partial charge in [0.15, 0.2) is 0 Å². The summed E-state index contributed by atoms with van der Waals surface area (Å²) in [7, 11) is 0. The summed E-state index contributed by atoms with van der Waals surface area (Å²) in [6, 6.07) is 65.6. The minimum Gasteiger partial charge on any atom is -0.456 e. The SMILES string of the molecule is CC(=N/C(=C\C(C)c1ccccc1)c1ccccc1)c1ccc(-c2ccc3oc4cc5c(cc4c3c2)-c2cc3c4ccccc4n(-c4ccccc4)c3cc2C5(C)C)cc1. The van der Waals surface area contributed by atoms with Crippen LogP contribution in [-0.2, 0) is 5.41 Å². The zero-order chi connectivity index (χ0) is 40.5. The summed E-state index contributed by atoms with van der Waals surface area (Å²) in [5.74, 6) is 0.223. The Morgan fingerprint density at radius 2 is 1.17 bits per heavy atom. The summed E-state index contributed by atoms with van der Waals surface area (Å²) in [6.07, 6.45) is 2.27. The molecule has 0 bridgehead atoms. The first-order chi connectivity index (χ1) is 29.3. The van der Waals surface area contributed by atoms with E-state index in [2.05, 4.69) is 220 Å². The van der Waals surface area contributed by atoms with Crippen molar-refractivity contribution in [2.45, 2.75) is 39.0 Å². The number of fused-ring (bicyclic) bond motifs is 9. The number of nitrogens with zero attached hydrogens (tertiary/aromatic N) is 2. The number of allylic oxidation sites excluding steroid dienone is 1. The summed E-state index contributed by atoms with van der Waals surface area (Å²) < 4.78 is 9.03. The van der Waals surface area contributed by atoms with Crippen molar-refractivity contribution < 1.29 is 4.42 Å². The second kappa shape index (κ2) is 14.0. The lowest BCUT2D eigenvalue weighted by Crippen LogP contribution is -2.15. The molecule has 2 heterocycles. The van der Waals surface area contributed by atoms with Gasteiger partial charge in [-0.15, -0.1) is 0 Å². The van der Waals surface area contributed by atoms with Gasteiger partial charge in [0.2, 0.25) is 0 Å². The number of rotatable bonds is 7. The molecule has 60 heavy (non-hydrogen) atoms. The number of aromatic nitrogens is 1. The molecule has 3 heteroatoms. The third-order valence-corrected chi connectivity index (χ3v) is 12.8. The van der Waals surface area contributed by atoms with Crippen LogP contribution in [0.2, 0.25) is 0 Å². The maximum atomic E-state index is 6.61. The van der Waals surface area contributed by atoms with Crippen molar-refractivity contribution >= 4 is 55.2 Å². The molecule has 1 unspecified atom stereocenters. The maximum Gasteiger partial charge on any atom is 0.135 e. The smallest absolute Gasteiger partial charge is 0.135 e. The predicted molar refractivity (Wildman–Crippen MR) is 253 cm³/mol. The second-order valence-electron chi connectivity index (χ2n) is 16.8. The van der Waals surface area contributed by atoms with Crippen LogP contribution >= 0.6 is 0 Å². The van der Waals surface area contributed by atoms with E-state index >= 15 is 0 Å². The molecule has 1 aliphatic rings. The van der Waals surface area contributed by atoms with Crippen LogP contribution in [0.3, 0.4) is 0 Å². The molecule has 0 saturated heterocycles. The van der Waals surface area contributed by atoms with Crippen LogP contribution < -0.4 is 0 Å². The van der Waals surface area contributed by atoms with Crippen LogP contribution in [0.1, 0.15) is 61.4 Å². The lowest BCUT2D eigenvalue weighted by Gasteiger charge is -2.21. The van der Waals surface area contributed by atoms with E-state index in [0.29, 0.717) is 0 Å². The highest BCUT2D eigenvalue weighted by Crippen LogP contribution is 2.53. The number of para-hydroxylation sites is 2. The Kier molecular flexibility index (Phi) is 8.35. The van der Waals surface area contributed by atoms with E-state index in [1.807, 2.05) is 0 Å². The summed E-state index contributed by atoms with van der Waals surface area (Å²) in [5.41, 5.74) is 18.3. The molecule has 1 atom stereocenters. The molecule has 0 radical (unpaired) electrons. The second-order valence-corrected chi connectivity index (χ2v) is 16.8. The predicted octanol–water partition coefficient (Wildman–Crippen LogP) is 15.3. The van der Waals surface area contributed by atoms with E-state index in [0.717, 1.165) is 55.6 Å². The Morgan fingerprint density at radius 1 is 0.550 bits per heavy atom. The summed E-state index contributed by atoms with van der Waals surface area (Å²) >= 11 is 0. The average molecular weight is 773 g/mol. The highest BCUT2D eigenvalue weighted by molar-refractivity contribution is 6.13. The van der Waals surface area contributed by atoms with Gasteiger partial charge >= 0.3 is 0 Å². The van der Waals surface area contributed by atoms with Crippen molar-refractivity contribution in [1.29, 1.82) is 0 Å². The first-order valence-corrected chi connectivity index (χ1v) is 20.9. The van der Waals surface area contributed by atoms with E-state index in [9.17, 15) is 0 Å². The van der Waals surface area contributed by atoms with Crippen LogP contribution in [0.25, 0.3) is 77.4 Å². The monoisotopic (exact) mass is 772 g/mol. The van der Waals surface area contributed by atoms with Gasteiger partial charge in [0.05, 0.1) is 16.7 Å². The quantitative estimate of drug-likeness (QED) is 0.148. The van der Waals surface area contributed by atoms with Gasteiger partial charge in [0.1, 0.15) is 11.2 Å². The molecule has 1 aliphatic carbocycles. The first kappa shape index (κ1) is 35.9. The number of hydrogen-bond donors (Lipinski definition) is 0. The van der Waals surface area contributed by atoms with Crippen molar-refractivity contribution in [3.8, 4) is 27.9 Å². The molecule has 0 fully saturated rings. The number of benzene rings is 8. The molecule has 0 aliphatic heterocycles. The lowest BCUT2D eigenvalue weighted by molar-refractivity contribution is 0.647. The molecule has 8 aromatic carbocycles. The molecular weight excluding hydrogens is 729 g/mol. The van der Waals surface area contributed by atoms with Gasteiger partial charge in [0.25, 0.3) is 0 Å². The molecule has 3 nitrogen and oxygen atoms in total. The van der Waals surface area contributed by atoms with Gasteiger partial charge in [-0.25, -0.2) is 0 Å². The summed E-state index contributed by atoms with van der Waals surface area (Å²) in [5, 5.41) is 4.81. The van der Waals surface area contributed by atoms with Crippen LogP contribution in [-0.4, -0.2) is 10.3 Å². The fraction of sp³-hybridized carbons (Fsp3) is 0.105. The van der Waals surface area contributed by atoms with Crippen molar-refractivity contribution in [3.05, 3.63) is 216 Å². The molecular formula is C57H44N2O. The topological polar surface area (TPSA) is 30.4 Å². The van der Waals surface area contributed by atoms with Gasteiger partial charge in [-0.2, -0.15) is 0 Å². The van der Waals surface area contributed by atoms with Crippen molar-refractivity contribution in [2.75, 3.05) is 0 Å². The summed E-state index contributed by atoms with van der Waals surface area (Å²) in [6.45, 7) is 9.04. The molecule has 0 spiro atoms. The van der Waals surface area contributed by atoms with Crippen LogP contribution in [0.5, 0.6) is 0 Å². The van der Waals surface area contributed by atoms with E-state index < -0.39 is 0 Å². The van der Waals surface area contributed by atoms with Gasteiger partial charge in [0, 0.05) is 44.3 Å². The molecule has 10 aromatic rings. The van der Waals surface area contributed by atoms with Crippen LogP contribution in [0.4, 0.5) is 0 Å². The lowest BCUT2D eigenvalue weighted by atomic mass is 9.82. The molecule has 2 aromatic heterocycles. The third kappa shape index (κ3) is 5.84. The van der Waals surface area contributed by atoms with Crippen molar-refractivity contribution in [2.24, 2.45) is 4.99 Å². The van der Waals surface area contributed by atoms with Gasteiger partial charge < -0.3 is 8.98 Å². The fourth-order valence-electron chi connectivity index (χ4n) is 9.54. The highest BCUT2D eigenvalue weighted by Gasteiger charge is 2.37. The van der Waals surface area contributed by atoms with Crippen molar-refractivity contribution in [1.82, 2.24) is 4.57 Å². The number of furan rings is 1. The summed E-state index contributed by atoms with van der Waals surface area (Å²) in [4.78, 5) is 5.22. The third-order valence-electron chi connectivity index (χ3n) is 12.8. The minimum absolute atomic E-state index is 0.198. The van der Waals surface area contributed by atoms with E-state index in [4.69, 9.17) is 9.41 Å². The average Bonchev–Trinajstić information content (AvgIpc) is 3.89. The van der Waals surface area contributed by atoms with Gasteiger partial charge in [-0.3, -0.25) is 4.99 Å². The molecule has 288 valence electrons. The van der Waals surface area contributed by atoms with E-state index in [1.54, 1.807) is 0 Å². The normalized spacial score (nSPS) is 14.3. The van der Waals surface area contributed by atoms with E-state index in [-0.39, 0.29) is 11.3 Å². The van der Waals surface area contributed by atoms with E-state index in [1.165, 1.54) is 55.3 Å². The molecule has 11 rings (SSSR count). The minimum atomic E-state index is -0.198. The Labute approximate surface area is 350 Å². The Bertz CT molecular complexity index is 3330. The fourth-order valence-corrected chi connectivity index (χ4v) is 9.54. The first-order valence-electron chi connectivity index (χ1n) is 20.9. The molecule has 0 amide bonds. The van der Waals surface area contributed by atoms with Gasteiger partial charge in [-0.1, -0.05) is 154 Å². The Morgan fingerprint density at radius 3 is 1.92 bits per heavy atom. The maximum absolute atomic E-state index is 6.61. The highest BCUT2D eigenvalue weighted by atomic mass is 16.3. The number of aliphatic imine (C=N–C) groups is 1. The molecule has 0 saturated carbocycles. The molecule has 0 N–H and O–H groups in total. The standard InChI is InChI=1S/C57H44N2O/c1-36(38-16-8-5-9-17-38)30-52(41-18-10-6-11-19-41)58-37(2)39-24-26-40(27-25-39)42-28-29-55-48(31-42)49-33-46-45-32-47-44-22-14-15-23-53(44)59(43-20-12-7-13-21-43)54(47)34-50(45)57(3,4)51(46)35-56(49)60-55/h5-36H,1-4H3/b52-30-,58-37?. The van der Waals surface area contributed by atoms with Crippen LogP contribution in [0.15, 0.2) is 197 Å². The Balaban J connectivity index is 0.966. The zero-order valence-electron chi connectivity index (χ0n) is 34.3.